The lowest BCUT2D eigenvalue weighted by molar-refractivity contribution is -0.137. The average molecular weight is 463 g/mol. The van der Waals surface area contributed by atoms with Gasteiger partial charge in [-0.3, -0.25) is 4.79 Å². The molecule has 3 rings (SSSR count). The minimum absolute atomic E-state index is 0.0279. The van der Waals surface area contributed by atoms with Crippen molar-refractivity contribution >= 4 is 33.2 Å². The number of alkyl halides is 3. The van der Waals surface area contributed by atoms with Crippen LogP contribution in [-0.2, 0) is 21.0 Å². The van der Waals surface area contributed by atoms with Crippen molar-refractivity contribution in [1.82, 2.24) is 4.31 Å². The molecule has 0 saturated carbocycles. The van der Waals surface area contributed by atoms with E-state index in [-0.39, 0.29) is 21.4 Å². The predicted molar refractivity (Wildman–Crippen MR) is 105 cm³/mol. The Bertz CT molecular complexity index is 1040. The van der Waals surface area contributed by atoms with E-state index in [1.54, 1.807) is 0 Å². The maximum Gasteiger partial charge on any atom is 0.416 e. The molecule has 1 saturated heterocycles. The average Bonchev–Trinajstić information content (AvgIpc) is 3.23. The monoisotopic (exact) mass is 462 g/mol. The number of rotatable bonds is 6. The maximum atomic E-state index is 12.7. The summed E-state index contributed by atoms with van der Waals surface area (Å²) in [5.74, 6) is -0.785. The van der Waals surface area contributed by atoms with Crippen LogP contribution in [0.25, 0.3) is 0 Å². The molecule has 1 amide bonds. The van der Waals surface area contributed by atoms with Crippen molar-refractivity contribution in [2.75, 3.05) is 25.0 Å². The lowest BCUT2D eigenvalue weighted by atomic mass is 10.2. The molecule has 162 valence electrons. The van der Waals surface area contributed by atoms with Crippen molar-refractivity contribution in [1.29, 1.82) is 0 Å². The molecule has 2 aromatic carbocycles. The zero-order chi connectivity index (χ0) is 21.9. The van der Waals surface area contributed by atoms with Gasteiger partial charge in [-0.15, -0.1) is 0 Å². The predicted octanol–water partition coefficient (Wildman–Crippen LogP) is 4.16. The summed E-state index contributed by atoms with van der Waals surface area (Å²) in [6.45, 7) is 0.248. The molecule has 30 heavy (non-hydrogen) atoms. The molecule has 0 unspecified atom stereocenters. The van der Waals surface area contributed by atoms with Gasteiger partial charge in [-0.05, 0) is 49.2 Å². The van der Waals surface area contributed by atoms with E-state index >= 15 is 0 Å². The molecular weight excluding hydrogens is 445 g/mol. The summed E-state index contributed by atoms with van der Waals surface area (Å²) in [5.41, 5.74) is -0.718. The van der Waals surface area contributed by atoms with Gasteiger partial charge in [-0.25, -0.2) is 8.42 Å². The number of hydrogen-bond acceptors (Lipinski definition) is 4. The van der Waals surface area contributed by atoms with Gasteiger partial charge in [-0.1, -0.05) is 17.7 Å². The van der Waals surface area contributed by atoms with Gasteiger partial charge in [0, 0.05) is 18.8 Å². The summed E-state index contributed by atoms with van der Waals surface area (Å²) in [4.78, 5) is 12.0. The first kappa shape index (κ1) is 22.4. The van der Waals surface area contributed by atoms with Gasteiger partial charge in [-0.2, -0.15) is 17.5 Å². The number of nitrogens with zero attached hydrogens (tertiary/aromatic N) is 1. The van der Waals surface area contributed by atoms with Gasteiger partial charge in [0.05, 0.1) is 10.6 Å². The van der Waals surface area contributed by atoms with E-state index in [0.29, 0.717) is 13.1 Å². The van der Waals surface area contributed by atoms with E-state index in [1.165, 1.54) is 34.6 Å². The molecule has 1 N–H and O–H groups in total. The Hall–Kier alpha value is -2.30. The van der Waals surface area contributed by atoms with Crippen LogP contribution < -0.4 is 10.1 Å². The number of benzene rings is 2. The number of nitrogens with one attached hydrogen (secondary N) is 1. The van der Waals surface area contributed by atoms with Crippen LogP contribution in [0, 0.1) is 0 Å². The molecule has 1 aliphatic heterocycles. The molecule has 6 nitrogen and oxygen atoms in total. The Kier molecular flexibility index (Phi) is 6.59. The van der Waals surface area contributed by atoms with Crippen LogP contribution in [0.2, 0.25) is 5.02 Å². The summed E-state index contributed by atoms with van der Waals surface area (Å²) in [6, 6.07) is 8.18. The zero-order valence-electron chi connectivity index (χ0n) is 15.6. The second-order valence-corrected chi connectivity index (χ2v) is 8.93. The fourth-order valence-corrected chi connectivity index (χ4v) is 4.97. The normalized spacial score (nSPS) is 15.2. The van der Waals surface area contributed by atoms with Crippen LogP contribution in [0.1, 0.15) is 18.4 Å². The number of carbonyl (C=O) groups is 1. The van der Waals surface area contributed by atoms with Crippen molar-refractivity contribution in [3.63, 3.8) is 0 Å². The largest absolute Gasteiger partial charge is 0.484 e. The van der Waals surface area contributed by atoms with Crippen molar-refractivity contribution in [2.45, 2.75) is 23.9 Å². The molecule has 0 bridgehead atoms. The minimum Gasteiger partial charge on any atom is -0.484 e. The van der Waals surface area contributed by atoms with Crippen LogP contribution >= 0.6 is 11.6 Å². The van der Waals surface area contributed by atoms with Crippen molar-refractivity contribution in [3.8, 4) is 5.75 Å². The molecule has 1 heterocycles. The highest BCUT2D eigenvalue weighted by Gasteiger charge is 2.31. The van der Waals surface area contributed by atoms with Gasteiger partial charge >= 0.3 is 6.18 Å². The third-order valence-electron chi connectivity index (χ3n) is 4.43. The van der Waals surface area contributed by atoms with Crippen molar-refractivity contribution in [3.05, 3.63) is 53.1 Å². The molecule has 2 aromatic rings. The second-order valence-electron chi connectivity index (χ2n) is 6.62. The Labute approximate surface area is 176 Å². The Balaban J connectivity index is 1.67. The third-order valence-corrected chi connectivity index (χ3v) is 6.81. The SMILES string of the molecule is O=C(COc1cccc(C(F)(F)F)c1)Nc1ccc(Cl)c(S(=O)(=O)N2CCCC2)c1. The number of hydrogen-bond donors (Lipinski definition) is 1. The lowest BCUT2D eigenvalue weighted by Crippen LogP contribution is -2.28. The standard InChI is InChI=1S/C19H18ClF3N2O4S/c20-16-7-6-14(11-17(16)30(27,28)25-8-1-2-9-25)24-18(26)12-29-15-5-3-4-13(10-15)19(21,22)23/h3-7,10-11H,1-2,8-9,12H2,(H,24,26). The van der Waals surface area contributed by atoms with Crippen molar-refractivity contribution < 1.29 is 31.1 Å². The molecular formula is C19H18ClF3N2O4S. The van der Waals surface area contributed by atoms with Crippen LogP contribution in [-0.4, -0.2) is 38.3 Å². The Morgan fingerprint density at radius 3 is 2.50 bits per heavy atom. The van der Waals surface area contributed by atoms with Gasteiger partial charge in [0.25, 0.3) is 5.91 Å². The first-order valence-electron chi connectivity index (χ1n) is 8.97. The highest BCUT2D eigenvalue weighted by molar-refractivity contribution is 7.89. The van der Waals surface area contributed by atoms with Gasteiger partial charge in [0.1, 0.15) is 10.6 Å². The first-order chi connectivity index (χ1) is 14.1. The van der Waals surface area contributed by atoms with Gasteiger partial charge in [0.15, 0.2) is 6.61 Å². The van der Waals surface area contributed by atoms with Crippen molar-refractivity contribution in [2.24, 2.45) is 0 Å². The third kappa shape index (κ3) is 5.24. The smallest absolute Gasteiger partial charge is 0.416 e. The maximum absolute atomic E-state index is 12.7. The first-order valence-corrected chi connectivity index (χ1v) is 10.8. The minimum atomic E-state index is -4.53. The summed E-state index contributed by atoms with van der Waals surface area (Å²) in [7, 11) is -3.79. The van der Waals surface area contributed by atoms with Gasteiger partial charge in [0.2, 0.25) is 10.0 Å². The van der Waals surface area contributed by atoms with E-state index in [4.69, 9.17) is 16.3 Å². The van der Waals surface area contributed by atoms with Crippen LogP contribution in [0.15, 0.2) is 47.4 Å². The number of halogens is 4. The van der Waals surface area contributed by atoms with E-state index in [0.717, 1.165) is 25.0 Å². The molecule has 0 aromatic heterocycles. The summed E-state index contributed by atoms with van der Waals surface area (Å²) >= 11 is 6.05. The number of anilines is 1. The molecule has 0 aliphatic carbocycles. The second kappa shape index (κ2) is 8.83. The molecule has 0 spiro atoms. The number of ether oxygens (including phenoxy) is 1. The number of sulfonamides is 1. The highest BCUT2D eigenvalue weighted by Crippen LogP contribution is 2.32. The van der Waals surface area contributed by atoms with Crippen LogP contribution in [0.4, 0.5) is 18.9 Å². The summed E-state index contributed by atoms with van der Waals surface area (Å²) < 4.78 is 70.1. The zero-order valence-corrected chi connectivity index (χ0v) is 17.1. The van der Waals surface area contributed by atoms with E-state index < -0.39 is 34.3 Å². The van der Waals surface area contributed by atoms with E-state index in [1.807, 2.05) is 0 Å². The number of amides is 1. The van der Waals surface area contributed by atoms with E-state index in [2.05, 4.69) is 5.32 Å². The van der Waals surface area contributed by atoms with Crippen LogP contribution in [0.3, 0.4) is 0 Å². The summed E-state index contributed by atoms with van der Waals surface area (Å²) in [6.07, 6.45) is -3.00. The molecule has 1 fully saturated rings. The quantitative estimate of drug-likeness (QED) is 0.699. The lowest BCUT2D eigenvalue weighted by Gasteiger charge is -2.17. The Morgan fingerprint density at radius 1 is 1.13 bits per heavy atom. The van der Waals surface area contributed by atoms with Crippen LogP contribution in [0.5, 0.6) is 5.75 Å². The molecule has 11 heteroatoms. The van der Waals surface area contributed by atoms with E-state index in [9.17, 15) is 26.4 Å². The highest BCUT2D eigenvalue weighted by atomic mass is 35.5. The molecule has 0 atom stereocenters. The Morgan fingerprint density at radius 2 is 1.83 bits per heavy atom. The van der Waals surface area contributed by atoms with Gasteiger partial charge < -0.3 is 10.1 Å². The number of carbonyl (C=O) groups excluding carboxylic acids is 1. The topological polar surface area (TPSA) is 75.7 Å². The fraction of sp³-hybridized carbons (Fsp3) is 0.316. The fourth-order valence-electron chi connectivity index (χ4n) is 2.95. The molecule has 0 radical (unpaired) electrons. The summed E-state index contributed by atoms with van der Waals surface area (Å²) in [5, 5.41) is 2.49. The molecule has 1 aliphatic rings.